The zero-order valence-corrected chi connectivity index (χ0v) is 13.7. The first-order valence-corrected chi connectivity index (χ1v) is 8.11. The maximum Gasteiger partial charge on any atom is 0.233 e. The average molecular weight is 346 g/mol. The minimum Gasteiger partial charge on any atom is -0.396 e. The molecule has 0 aromatic heterocycles. The Bertz CT molecular complexity index is 395. The first-order valence-electron chi connectivity index (χ1n) is 6.33. The first-order chi connectivity index (χ1) is 9.04. The number of carbonyl (C=O) groups is 1. The zero-order valence-electron chi connectivity index (χ0n) is 11.3. The maximum absolute atomic E-state index is 12.1. The van der Waals surface area contributed by atoms with Gasteiger partial charge in [0, 0.05) is 28.6 Å². The summed E-state index contributed by atoms with van der Waals surface area (Å²) in [6.45, 7) is 4.74. The lowest BCUT2D eigenvalue weighted by Crippen LogP contribution is -2.39. The normalized spacial score (nSPS) is 10.8. The standard InChI is InChI=1S/C14H20BrNO2S/c1-11(2)16(8-3-9-17)14(18)10-19-13-6-4-12(15)5-7-13/h4-7,11,17H,3,8-10H2,1-2H3. The summed E-state index contributed by atoms with van der Waals surface area (Å²) in [5, 5.41) is 8.86. The molecule has 0 spiro atoms. The molecule has 5 heteroatoms. The number of amides is 1. The summed E-state index contributed by atoms with van der Waals surface area (Å²) < 4.78 is 1.04. The Labute approximate surface area is 127 Å². The van der Waals surface area contributed by atoms with E-state index in [4.69, 9.17) is 5.11 Å². The summed E-state index contributed by atoms with van der Waals surface area (Å²) in [7, 11) is 0. The topological polar surface area (TPSA) is 40.5 Å². The molecule has 0 saturated heterocycles. The van der Waals surface area contributed by atoms with E-state index in [0.717, 1.165) is 9.37 Å². The lowest BCUT2D eigenvalue weighted by molar-refractivity contribution is -0.130. The van der Waals surface area contributed by atoms with Crippen molar-refractivity contribution in [1.82, 2.24) is 4.90 Å². The van der Waals surface area contributed by atoms with Crippen LogP contribution in [-0.4, -0.2) is 40.9 Å². The molecule has 0 aliphatic heterocycles. The van der Waals surface area contributed by atoms with Crippen LogP contribution < -0.4 is 0 Å². The Morgan fingerprint density at radius 3 is 2.53 bits per heavy atom. The Balaban J connectivity index is 2.49. The number of halogens is 1. The number of aliphatic hydroxyl groups excluding tert-OH is 1. The molecule has 19 heavy (non-hydrogen) atoms. The minimum atomic E-state index is 0.121. The van der Waals surface area contributed by atoms with Crippen molar-refractivity contribution >= 4 is 33.6 Å². The molecule has 1 N–H and O–H groups in total. The molecule has 1 aromatic rings. The molecule has 0 radical (unpaired) electrons. The average Bonchev–Trinajstić information content (AvgIpc) is 2.38. The number of aliphatic hydroxyl groups is 1. The van der Waals surface area contributed by atoms with Gasteiger partial charge in [-0.15, -0.1) is 11.8 Å². The number of rotatable bonds is 7. The van der Waals surface area contributed by atoms with Crippen LogP contribution in [0, 0.1) is 0 Å². The predicted molar refractivity (Wildman–Crippen MR) is 83.4 cm³/mol. The van der Waals surface area contributed by atoms with Crippen LogP contribution >= 0.6 is 27.7 Å². The monoisotopic (exact) mass is 345 g/mol. The van der Waals surface area contributed by atoms with Gasteiger partial charge in [-0.25, -0.2) is 0 Å². The highest BCUT2D eigenvalue weighted by atomic mass is 79.9. The smallest absolute Gasteiger partial charge is 0.233 e. The highest BCUT2D eigenvalue weighted by Crippen LogP contribution is 2.21. The zero-order chi connectivity index (χ0) is 14.3. The van der Waals surface area contributed by atoms with Gasteiger partial charge in [0.05, 0.1) is 5.75 Å². The summed E-state index contributed by atoms with van der Waals surface area (Å²) in [6.07, 6.45) is 0.632. The Hall–Kier alpha value is -0.520. The molecule has 1 aromatic carbocycles. The Kier molecular flexibility index (Phi) is 7.49. The van der Waals surface area contributed by atoms with Gasteiger partial charge in [0.25, 0.3) is 0 Å². The van der Waals surface area contributed by atoms with E-state index < -0.39 is 0 Å². The fourth-order valence-electron chi connectivity index (χ4n) is 1.67. The third-order valence-electron chi connectivity index (χ3n) is 2.68. The fourth-order valence-corrected chi connectivity index (χ4v) is 2.72. The second-order valence-electron chi connectivity index (χ2n) is 4.50. The van der Waals surface area contributed by atoms with E-state index in [1.165, 1.54) is 0 Å². The van der Waals surface area contributed by atoms with E-state index in [1.54, 1.807) is 11.8 Å². The Morgan fingerprint density at radius 2 is 2.00 bits per heavy atom. The summed E-state index contributed by atoms with van der Waals surface area (Å²) >= 11 is 4.93. The highest BCUT2D eigenvalue weighted by Gasteiger charge is 2.16. The van der Waals surface area contributed by atoms with Crippen molar-refractivity contribution in [2.45, 2.75) is 31.2 Å². The Morgan fingerprint density at radius 1 is 1.37 bits per heavy atom. The van der Waals surface area contributed by atoms with E-state index in [2.05, 4.69) is 15.9 Å². The number of thioether (sulfide) groups is 1. The van der Waals surface area contributed by atoms with Gasteiger partial charge in [0.2, 0.25) is 5.91 Å². The van der Waals surface area contributed by atoms with Gasteiger partial charge in [-0.1, -0.05) is 15.9 Å². The summed E-state index contributed by atoms with van der Waals surface area (Å²) in [5.74, 6) is 0.557. The second kappa shape index (κ2) is 8.61. The third kappa shape index (κ3) is 5.97. The molecule has 0 unspecified atom stereocenters. The number of nitrogens with zero attached hydrogens (tertiary/aromatic N) is 1. The predicted octanol–water partition coefficient (Wildman–Crippen LogP) is 3.16. The maximum atomic E-state index is 12.1. The van der Waals surface area contributed by atoms with Crippen LogP contribution in [0.15, 0.2) is 33.6 Å². The number of carbonyl (C=O) groups excluding carboxylic acids is 1. The number of hydrogen-bond acceptors (Lipinski definition) is 3. The van der Waals surface area contributed by atoms with Gasteiger partial charge in [0.1, 0.15) is 0 Å². The number of hydrogen-bond donors (Lipinski definition) is 1. The first kappa shape index (κ1) is 16.5. The summed E-state index contributed by atoms with van der Waals surface area (Å²) in [4.78, 5) is 15.1. The quantitative estimate of drug-likeness (QED) is 0.771. The summed E-state index contributed by atoms with van der Waals surface area (Å²) in [6, 6.07) is 8.10. The summed E-state index contributed by atoms with van der Waals surface area (Å²) in [5.41, 5.74) is 0. The molecule has 0 bridgehead atoms. The SMILES string of the molecule is CC(C)N(CCCO)C(=O)CSc1ccc(Br)cc1. The molecule has 0 fully saturated rings. The third-order valence-corrected chi connectivity index (χ3v) is 4.20. The van der Waals surface area contributed by atoms with Gasteiger partial charge in [-0.05, 0) is 44.5 Å². The van der Waals surface area contributed by atoms with Gasteiger partial charge in [-0.2, -0.15) is 0 Å². The number of benzene rings is 1. The van der Waals surface area contributed by atoms with E-state index >= 15 is 0 Å². The molecule has 1 amide bonds. The van der Waals surface area contributed by atoms with Crippen molar-refractivity contribution in [3.05, 3.63) is 28.7 Å². The van der Waals surface area contributed by atoms with Crippen LogP contribution in [0.4, 0.5) is 0 Å². The molecule has 0 heterocycles. The minimum absolute atomic E-state index is 0.121. The molecule has 0 atom stereocenters. The van der Waals surface area contributed by atoms with E-state index in [9.17, 15) is 4.79 Å². The van der Waals surface area contributed by atoms with E-state index in [1.807, 2.05) is 43.0 Å². The van der Waals surface area contributed by atoms with Crippen molar-refractivity contribution in [2.75, 3.05) is 18.9 Å². The van der Waals surface area contributed by atoms with Crippen LogP contribution in [0.2, 0.25) is 0 Å². The van der Waals surface area contributed by atoms with Crippen molar-refractivity contribution < 1.29 is 9.90 Å². The molecule has 0 aliphatic rings. The largest absolute Gasteiger partial charge is 0.396 e. The van der Waals surface area contributed by atoms with Crippen LogP contribution in [-0.2, 0) is 4.79 Å². The van der Waals surface area contributed by atoms with Crippen LogP contribution in [0.5, 0.6) is 0 Å². The van der Waals surface area contributed by atoms with Crippen molar-refractivity contribution in [1.29, 1.82) is 0 Å². The highest BCUT2D eigenvalue weighted by molar-refractivity contribution is 9.10. The van der Waals surface area contributed by atoms with Gasteiger partial charge in [0.15, 0.2) is 0 Å². The molecular weight excluding hydrogens is 326 g/mol. The molecule has 0 saturated carbocycles. The van der Waals surface area contributed by atoms with Crippen molar-refractivity contribution in [2.24, 2.45) is 0 Å². The van der Waals surface area contributed by atoms with Crippen molar-refractivity contribution in [3.8, 4) is 0 Å². The van der Waals surface area contributed by atoms with Crippen LogP contribution in [0.25, 0.3) is 0 Å². The van der Waals surface area contributed by atoms with Crippen molar-refractivity contribution in [3.63, 3.8) is 0 Å². The molecule has 1 rings (SSSR count). The molecule has 0 aliphatic carbocycles. The van der Waals surface area contributed by atoms with Crippen LogP contribution in [0.3, 0.4) is 0 Å². The lowest BCUT2D eigenvalue weighted by Gasteiger charge is -2.26. The van der Waals surface area contributed by atoms with E-state index in [0.29, 0.717) is 18.7 Å². The molecule has 106 valence electrons. The van der Waals surface area contributed by atoms with Crippen LogP contribution in [0.1, 0.15) is 20.3 Å². The van der Waals surface area contributed by atoms with Gasteiger partial charge in [-0.3, -0.25) is 4.79 Å². The molecular formula is C14H20BrNO2S. The fraction of sp³-hybridized carbons (Fsp3) is 0.500. The van der Waals surface area contributed by atoms with E-state index in [-0.39, 0.29) is 18.6 Å². The molecule has 3 nitrogen and oxygen atoms in total. The van der Waals surface area contributed by atoms with Gasteiger partial charge < -0.3 is 10.0 Å². The van der Waals surface area contributed by atoms with Gasteiger partial charge >= 0.3 is 0 Å². The second-order valence-corrected chi connectivity index (χ2v) is 6.47. The lowest BCUT2D eigenvalue weighted by atomic mass is 10.3.